The van der Waals surface area contributed by atoms with Crippen LogP contribution in [0.2, 0.25) is 0 Å². The molecule has 1 aromatic heterocycles. The third-order valence-electron chi connectivity index (χ3n) is 4.55. The Morgan fingerprint density at radius 2 is 1.75 bits per heavy atom. The summed E-state index contributed by atoms with van der Waals surface area (Å²) in [6.45, 7) is -1.82. The monoisotopic (exact) mass is 379 g/mol. The van der Waals surface area contributed by atoms with Gasteiger partial charge in [-0.1, -0.05) is 42.5 Å². The van der Waals surface area contributed by atoms with Gasteiger partial charge in [0.2, 0.25) is 0 Å². The highest BCUT2D eigenvalue weighted by molar-refractivity contribution is 5.87. The molecule has 0 amide bonds. The van der Waals surface area contributed by atoms with Crippen molar-refractivity contribution in [3.63, 3.8) is 0 Å². The molecule has 0 aliphatic carbocycles. The minimum atomic E-state index is -2.85. The van der Waals surface area contributed by atoms with Gasteiger partial charge < -0.3 is 10.1 Å². The van der Waals surface area contributed by atoms with E-state index in [9.17, 15) is 8.78 Å². The average molecular weight is 379 g/mol. The van der Waals surface area contributed by atoms with Crippen molar-refractivity contribution in [2.24, 2.45) is 0 Å². The fraction of sp³-hybridized carbons (Fsp3) is 0.136. The maximum atomic E-state index is 12.8. The van der Waals surface area contributed by atoms with Crippen LogP contribution in [0.3, 0.4) is 0 Å². The Bertz CT molecular complexity index is 1050. The summed E-state index contributed by atoms with van der Waals surface area (Å²) in [5.41, 5.74) is 2.80. The minimum Gasteiger partial charge on any atom is -0.434 e. The molecule has 3 aromatic carbocycles. The Balaban J connectivity index is 1.49. The molecule has 0 radical (unpaired) electrons. The first kappa shape index (κ1) is 18.1. The highest BCUT2D eigenvalue weighted by atomic mass is 19.3. The SMILES string of the molecule is FC(F)Oc1ccc2ccccc2c1CNCc1ccc(-n2cccn2)cc1. The predicted octanol–water partition coefficient (Wildman–Crippen LogP) is 4.92. The third-order valence-corrected chi connectivity index (χ3v) is 4.55. The van der Waals surface area contributed by atoms with Gasteiger partial charge in [-0.2, -0.15) is 13.9 Å². The fourth-order valence-electron chi connectivity index (χ4n) is 3.22. The van der Waals surface area contributed by atoms with Gasteiger partial charge in [0.25, 0.3) is 0 Å². The van der Waals surface area contributed by atoms with Crippen molar-refractivity contribution in [2.45, 2.75) is 19.7 Å². The van der Waals surface area contributed by atoms with Crippen LogP contribution in [0.4, 0.5) is 8.78 Å². The highest BCUT2D eigenvalue weighted by Crippen LogP contribution is 2.29. The van der Waals surface area contributed by atoms with Gasteiger partial charge in [-0.25, -0.2) is 4.68 Å². The predicted molar refractivity (Wildman–Crippen MR) is 105 cm³/mol. The molecule has 0 bridgehead atoms. The number of halogens is 2. The molecule has 4 rings (SSSR count). The van der Waals surface area contributed by atoms with E-state index < -0.39 is 6.61 Å². The minimum absolute atomic E-state index is 0.204. The van der Waals surface area contributed by atoms with Gasteiger partial charge in [0.1, 0.15) is 5.75 Å². The molecular formula is C22H19F2N3O. The molecule has 0 spiro atoms. The fourth-order valence-corrected chi connectivity index (χ4v) is 3.22. The van der Waals surface area contributed by atoms with E-state index in [0.29, 0.717) is 13.1 Å². The van der Waals surface area contributed by atoms with Crippen LogP contribution >= 0.6 is 0 Å². The van der Waals surface area contributed by atoms with Crippen LogP contribution in [0.25, 0.3) is 16.5 Å². The number of hydrogen-bond acceptors (Lipinski definition) is 3. The van der Waals surface area contributed by atoms with Gasteiger partial charge in [0, 0.05) is 31.0 Å². The number of aromatic nitrogens is 2. The van der Waals surface area contributed by atoms with E-state index >= 15 is 0 Å². The Kier molecular flexibility index (Phi) is 5.30. The average Bonchev–Trinajstić information content (AvgIpc) is 3.24. The van der Waals surface area contributed by atoms with Crippen molar-refractivity contribution in [3.8, 4) is 11.4 Å². The largest absolute Gasteiger partial charge is 0.434 e. The number of rotatable bonds is 7. The highest BCUT2D eigenvalue weighted by Gasteiger charge is 2.12. The zero-order valence-electron chi connectivity index (χ0n) is 15.1. The summed E-state index contributed by atoms with van der Waals surface area (Å²) in [5, 5.41) is 9.43. The maximum absolute atomic E-state index is 12.8. The number of nitrogens with zero attached hydrogens (tertiary/aromatic N) is 2. The van der Waals surface area contributed by atoms with Crippen molar-refractivity contribution in [2.75, 3.05) is 0 Å². The summed E-state index contributed by atoms with van der Waals surface area (Å²) < 4.78 is 32.1. The van der Waals surface area contributed by atoms with Crippen molar-refractivity contribution in [1.29, 1.82) is 0 Å². The lowest BCUT2D eigenvalue weighted by Crippen LogP contribution is -2.15. The van der Waals surface area contributed by atoms with Crippen LogP contribution in [-0.4, -0.2) is 16.4 Å². The van der Waals surface area contributed by atoms with Gasteiger partial charge >= 0.3 is 6.61 Å². The second kappa shape index (κ2) is 8.19. The van der Waals surface area contributed by atoms with Crippen LogP contribution in [0.1, 0.15) is 11.1 Å². The number of nitrogens with one attached hydrogen (secondary N) is 1. The molecule has 0 saturated carbocycles. The maximum Gasteiger partial charge on any atom is 0.387 e. The summed E-state index contributed by atoms with van der Waals surface area (Å²) in [4.78, 5) is 0. The lowest BCUT2D eigenvalue weighted by Gasteiger charge is -2.14. The summed E-state index contributed by atoms with van der Waals surface area (Å²) in [5.74, 6) is 0.204. The zero-order valence-corrected chi connectivity index (χ0v) is 15.1. The van der Waals surface area contributed by atoms with Crippen molar-refractivity contribution in [3.05, 3.63) is 90.3 Å². The molecule has 1 N–H and O–H groups in total. The molecule has 0 fully saturated rings. The molecule has 6 heteroatoms. The van der Waals surface area contributed by atoms with E-state index in [4.69, 9.17) is 4.74 Å². The molecule has 4 aromatic rings. The third kappa shape index (κ3) is 4.02. The standard InChI is InChI=1S/C22H19F2N3O/c23-22(24)28-21-11-8-17-4-1-2-5-19(17)20(21)15-25-14-16-6-9-18(10-7-16)27-13-3-12-26-27/h1-13,22,25H,14-15H2. The summed E-state index contributed by atoms with van der Waals surface area (Å²) in [7, 11) is 0. The van der Waals surface area contributed by atoms with Crippen molar-refractivity contribution in [1.82, 2.24) is 15.1 Å². The Hall–Kier alpha value is -3.25. The summed E-state index contributed by atoms with van der Waals surface area (Å²) in [6, 6.07) is 21.0. The van der Waals surface area contributed by atoms with Crippen LogP contribution in [0.15, 0.2) is 79.1 Å². The van der Waals surface area contributed by atoms with Crippen LogP contribution in [-0.2, 0) is 13.1 Å². The normalized spacial score (nSPS) is 11.2. The Morgan fingerprint density at radius 3 is 2.50 bits per heavy atom. The van der Waals surface area contributed by atoms with Crippen molar-refractivity contribution >= 4 is 10.8 Å². The molecule has 0 unspecified atom stereocenters. The molecule has 28 heavy (non-hydrogen) atoms. The zero-order chi connectivity index (χ0) is 19.3. The first-order valence-electron chi connectivity index (χ1n) is 8.96. The number of fused-ring (bicyclic) bond motifs is 1. The number of ether oxygens (including phenoxy) is 1. The molecule has 142 valence electrons. The molecule has 1 heterocycles. The van der Waals surface area contributed by atoms with Crippen molar-refractivity contribution < 1.29 is 13.5 Å². The van der Waals surface area contributed by atoms with Gasteiger partial charge in [-0.05, 0) is 40.6 Å². The Morgan fingerprint density at radius 1 is 0.929 bits per heavy atom. The Labute approximate surface area is 161 Å². The number of benzene rings is 3. The number of alkyl halides is 2. The van der Waals surface area contributed by atoms with Gasteiger partial charge in [-0.3, -0.25) is 0 Å². The smallest absolute Gasteiger partial charge is 0.387 e. The van der Waals surface area contributed by atoms with Crippen LogP contribution < -0.4 is 10.1 Å². The first-order chi connectivity index (χ1) is 13.7. The number of hydrogen-bond donors (Lipinski definition) is 1. The molecule has 0 aliphatic rings. The molecular weight excluding hydrogens is 360 g/mol. The van der Waals surface area contributed by atoms with Crippen LogP contribution in [0, 0.1) is 0 Å². The van der Waals surface area contributed by atoms with E-state index in [1.165, 1.54) is 0 Å². The van der Waals surface area contributed by atoms with Gasteiger partial charge in [0.05, 0.1) is 5.69 Å². The lowest BCUT2D eigenvalue weighted by atomic mass is 10.0. The summed E-state index contributed by atoms with van der Waals surface area (Å²) >= 11 is 0. The van der Waals surface area contributed by atoms with E-state index in [-0.39, 0.29) is 5.75 Å². The molecule has 0 atom stereocenters. The molecule has 0 saturated heterocycles. The lowest BCUT2D eigenvalue weighted by molar-refractivity contribution is -0.0503. The van der Waals surface area contributed by atoms with Gasteiger partial charge in [0.15, 0.2) is 0 Å². The second-order valence-corrected chi connectivity index (χ2v) is 6.36. The molecule has 4 nitrogen and oxygen atoms in total. The van der Waals surface area contributed by atoms with E-state index in [2.05, 4.69) is 10.4 Å². The van der Waals surface area contributed by atoms with Crippen LogP contribution in [0.5, 0.6) is 5.75 Å². The second-order valence-electron chi connectivity index (χ2n) is 6.36. The first-order valence-corrected chi connectivity index (χ1v) is 8.96. The molecule has 0 aliphatic heterocycles. The van der Waals surface area contributed by atoms with E-state index in [1.54, 1.807) is 23.0 Å². The van der Waals surface area contributed by atoms with E-state index in [0.717, 1.165) is 27.6 Å². The van der Waals surface area contributed by atoms with E-state index in [1.807, 2.05) is 60.8 Å². The summed E-state index contributed by atoms with van der Waals surface area (Å²) in [6.07, 6.45) is 3.62. The quantitative estimate of drug-likeness (QED) is 0.496. The van der Waals surface area contributed by atoms with Gasteiger partial charge in [-0.15, -0.1) is 0 Å². The topological polar surface area (TPSA) is 39.1 Å².